The van der Waals surface area contributed by atoms with Crippen molar-refractivity contribution >= 4 is 36.5 Å². The summed E-state index contributed by atoms with van der Waals surface area (Å²) in [5.74, 6) is -0.879. The Morgan fingerprint density at radius 3 is 1.04 bits per heavy atom. The summed E-state index contributed by atoms with van der Waals surface area (Å²) in [7, 11) is 0. The van der Waals surface area contributed by atoms with E-state index in [1.807, 2.05) is 0 Å². The molecule has 4 aromatic carbocycles. The van der Waals surface area contributed by atoms with Gasteiger partial charge in [-0.25, -0.2) is 4.79 Å². The third kappa shape index (κ3) is 5.57. The number of rotatable bonds is 4. The van der Waals surface area contributed by atoms with Gasteiger partial charge in [0.05, 0.1) is 5.56 Å². The molecule has 0 spiro atoms. The average molecular weight is 472 g/mol. The fraction of sp³-hybridized carbons (Fsp3) is 0. The molecule has 28 heavy (non-hydrogen) atoms. The Labute approximate surface area is 172 Å². The van der Waals surface area contributed by atoms with Crippen LogP contribution >= 0.6 is 0 Å². The SMILES string of the molecule is O=C(O)c1ccccc1.c1cc[c]([Sn]([c]2ccccc2)[c]2ccccc2)cc1. The van der Waals surface area contributed by atoms with E-state index in [9.17, 15) is 4.79 Å². The van der Waals surface area contributed by atoms with E-state index in [4.69, 9.17) is 5.11 Å². The van der Waals surface area contributed by atoms with Gasteiger partial charge >= 0.3 is 127 Å². The van der Waals surface area contributed by atoms with Crippen LogP contribution in [0.3, 0.4) is 0 Å². The van der Waals surface area contributed by atoms with Crippen LogP contribution in [0.1, 0.15) is 10.4 Å². The van der Waals surface area contributed by atoms with E-state index in [0.29, 0.717) is 5.56 Å². The van der Waals surface area contributed by atoms with Crippen LogP contribution in [0.2, 0.25) is 0 Å². The zero-order valence-electron chi connectivity index (χ0n) is 15.4. The van der Waals surface area contributed by atoms with Crippen LogP contribution in [0.5, 0.6) is 0 Å². The van der Waals surface area contributed by atoms with E-state index < -0.39 is 25.7 Å². The summed E-state index contributed by atoms with van der Waals surface area (Å²) in [5.41, 5.74) is 0.331. The Hall–Kier alpha value is -2.85. The first-order chi connectivity index (χ1) is 13.8. The summed E-state index contributed by atoms with van der Waals surface area (Å²) >= 11 is -1.98. The van der Waals surface area contributed by atoms with Gasteiger partial charge in [0, 0.05) is 0 Å². The van der Waals surface area contributed by atoms with Gasteiger partial charge in [0.15, 0.2) is 0 Å². The average Bonchev–Trinajstić information content (AvgIpc) is 2.77. The topological polar surface area (TPSA) is 37.3 Å². The van der Waals surface area contributed by atoms with Gasteiger partial charge in [-0.1, -0.05) is 18.2 Å². The second-order valence-corrected chi connectivity index (χ2v) is 13.2. The van der Waals surface area contributed by atoms with Gasteiger partial charge in [-0.05, 0) is 12.1 Å². The molecule has 0 saturated heterocycles. The summed E-state index contributed by atoms with van der Waals surface area (Å²) in [4.78, 5) is 10.2. The van der Waals surface area contributed by atoms with E-state index >= 15 is 0 Å². The Morgan fingerprint density at radius 2 is 0.786 bits per heavy atom. The minimum absolute atomic E-state index is 0.331. The van der Waals surface area contributed by atoms with Crippen LogP contribution in [-0.2, 0) is 0 Å². The predicted molar refractivity (Wildman–Crippen MR) is 117 cm³/mol. The quantitative estimate of drug-likeness (QED) is 0.462. The molecule has 0 aliphatic carbocycles. The molecule has 0 saturated carbocycles. The fourth-order valence-electron chi connectivity index (χ4n) is 2.90. The number of hydrogen-bond donors (Lipinski definition) is 1. The monoisotopic (exact) mass is 473 g/mol. The maximum absolute atomic E-state index is 10.2. The van der Waals surface area contributed by atoms with Crippen molar-refractivity contribution in [2.45, 2.75) is 0 Å². The number of aromatic carboxylic acids is 1. The first-order valence-corrected chi connectivity index (χ1v) is 13.4. The molecule has 0 heterocycles. The van der Waals surface area contributed by atoms with Crippen LogP contribution in [0.4, 0.5) is 0 Å². The molecule has 3 heteroatoms. The number of carboxylic acids is 1. The predicted octanol–water partition coefficient (Wildman–Crippen LogP) is 3.59. The fourth-order valence-corrected chi connectivity index (χ4v) is 10.3. The molecule has 0 aliphatic heterocycles. The summed E-state index contributed by atoms with van der Waals surface area (Å²) in [6.45, 7) is 0. The summed E-state index contributed by atoms with van der Waals surface area (Å²) in [6.07, 6.45) is 0. The van der Waals surface area contributed by atoms with E-state index in [1.165, 1.54) is 10.7 Å². The van der Waals surface area contributed by atoms with Crippen molar-refractivity contribution in [3.8, 4) is 0 Å². The Kier molecular flexibility index (Phi) is 7.44. The molecule has 0 aromatic heterocycles. The van der Waals surface area contributed by atoms with Crippen molar-refractivity contribution < 1.29 is 9.90 Å². The molecular weight excluding hydrogens is 451 g/mol. The number of hydrogen-bond acceptors (Lipinski definition) is 1. The van der Waals surface area contributed by atoms with Crippen LogP contribution in [0.25, 0.3) is 0 Å². The normalized spacial score (nSPS) is 10.0. The molecule has 4 aromatic rings. The third-order valence-corrected chi connectivity index (χ3v) is 12.0. The molecule has 2 nitrogen and oxygen atoms in total. The van der Waals surface area contributed by atoms with Gasteiger partial charge in [0.2, 0.25) is 0 Å². The van der Waals surface area contributed by atoms with Crippen molar-refractivity contribution in [3.63, 3.8) is 0 Å². The molecule has 0 amide bonds. The second-order valence-electron chi connectivity index (χ2n) is 6.14. The van der Waals surface area contributed by atoms with Crippen molar-refractivity contribution in [1.29, 1.82) is 0 Å². The van der Waals surface area contributed by atoms with Crippen LogP contribution < -0.4 is 10.7 Å². The summed E-state index contributed by atoms with van der Waals surface area (Å²) in [6, 6.07) is 41.2. The van der Waals surface area contributed by atoms with Gasteiger partial charge in [0.1, 0.15) is 0 Å². The Balaban J connectivity index is 0.000000211. The van der Waals surface area contributed by atoms with Gasteiger partial charge in [0.25, 0.3) is 0 Å². The molecule has 0 unspecified atom stereocenters. The molecule has 0 fully saturated rings. The number of carboxylic acid groups (broad SMARTS) is 1. The number of benzene rings is 4. The molecule has 1 radical (unpaired) electrons. The van der Waals surface area contributed by atoms with Gasteiger partial charge in [-0.2, -0.15) is 0 Å². The second kappa shape index (κ2) is 10.5. The Morgan fingerprint density at radius 1 is 0.500 bits per heavy atom. The third-order valence-electron chi connectivity index (χ3n) is 4.21. The van der Waals surface area contributed by atoms with Crippen molar-refractivity contribution in [3.05, 3.63) is 127 Å². The summed E-state index contributed by atoms with van der Waals surface area (Å²) < 4.78 is 4.59. The first-order valence-electron chi connectivity index (χ1n) is 9.07. The van der Waals surface area contributed by atoms with Gasteiger partial charge in [-0.15, -0.1) is 0 Å². The van der Waals surface area contributed by atoms with Crippen LogP contribution in [0, 0.1) is 0 Å². The van der Waals surface area contributed by atoms with Crippen LogP contribution in [0.15, 0.2) is 121 Å². The molecular formula is C25H21O2Sn. The Bertz CT molecular complexity index is 878. The molecule has 137 valence electrons. The van der Waals surface area contributed by atoms with E-state index in [-0.39, 0.29) is 0 Å². The molecule has 1 N–H and O–H groups in total. The van der Waals surface area contributed by atoms with Gasteiger partial charge < -0.3 is 5.11 Å². The van der Waals surface area contributed by atoms with Crippen molar-refractivity contribution in [2.75, 3.05) is 0 Å². The zero-order valence-corrected chi connectivity index (χ0v) is 18.3. The van der Waals surface area contributed by atoms with E-state index in [1.54, 1.807) is 30.3 Å². The van der Waals surface area contributed by atoms with Crippen molar-refractivity contribution in [1.82, 2.24) is 0 Å². The number of carbonyl (C=O) groups is 1. The van der Waals surface area contributed by atoms with Crippen molar-refractivity contribution in [2.24, 2.45) is 0 Å². The summed E-state index contributed by atoms with van der Waals surface area (Å²) in [5, 5.41) is 8.38. The zero-order chi connectivity index (χ0) is 19.6. The minimum atomic E-state index is -1.98. The molecule has 0 aliphatic rings. The maximum atomic E-state index is 10.2. The molecule has 4 rings (SSSR count). The van der Waals surface area contributed by atoms with Gasteiger partial charge in [-0.3, -0.25) is 0 Å². The molecule has 0 atom stereocenters. The van der Waals surface area contributed by atoms with E-state index in [2.05, 4.69) is 91.0 Å². The molecule has 0 bridgehead atoms. The van der Waals surface area contributed by atoms with Crippen LogP contribution in [-0.4, -0.2) is 30.8 Å². The van der Waals surface area contributed by atoms with E-state index in [0.717, 1.165) is 0 Å². The standard InChI is InChI=1S/C7H6O2.3C6H5.Sn/c8-7(9)6-4-2-1-3-5-6;3*1-2-4-6-5-3-1;/h1-5H,(H,8,9);3*1-5H;. The first kappa shape index (κ1) is 19.9.